The minimum Gasteiger partial charge on any atom is -0.465 e. The zero-order valence-corrected chi connectivity index (χ0v) is 13.7. The standard InChI is InChI=1S/C19H21NO4/c1-2-23-18(22)19(15-7-4-3-5-8-15)10-12-20(13-11-19)17(21)16-9-6-14-24-16/h3-9,14H,2,10-13H2,1H3. The monoisotopic (exact) mass is 327 g/mol. The molecule has 0 unspecified atom stereocenters. The highest BCUT2D eigenvalue weighted by Gasteiger charge is 2.45. The molecule has 1 aliphatic heterocycles. The maximum Gasteiger partial charge on any atom is 0.316 e. The van der Waals surface area contributed by atoms with Gasteiger partial charge >= 0.3 is 5.97 Å². The average Bonchev–Trinajstić information content (AvgIpc) is 3.17. The van der Waals surface area contributed by atoms with Crippen molar-refractivity contribution in [1.29, 1.82) is 0 Å². The molecule has 1 amide bonds. The van der Waals surface area contributed by atoms with Crippen molar-refractivity contribution in [3.05, 3.63) is 60.1 Å². The number of benzene rings is 1. The van der Waals surface area contributed by atoms with E-state index < -0.39 is 5.41 Å². The van der Waals surface area contributed by atoms with Crippen molar-refractivity contribution in [1.82, 2.24) is 4.90 Å². The normalized spacial score (nSPS) is 16.6. The molecule has 0 radical (unpaired) electrons. The van der Waals surface area contributed by atoms with E-state index in [9.17, 15) is 9.59 Å². The first-order chi connectivity index (χ1) is 11.7. The Kier molecular flexibility index (Phi) is 4.69. The number of carbonyl (C=O) groups is 2. The number of carbonyl (C=O) groups excluding carboxylic acids is 2. The number of esters is 1. The molecule has 1 aliphatic rings. The summed E-state index contributed by atoms with van der Waals surface area (Å²) < 4.78 is 10.5. The number of hydrogen-bond donors (Lipinski definition) is 0. The summed E-state index contributed by atoms with van der Waals surface area (Å²) in [4.78, 5) is 26.8. The highest BCUT2D eigenvalue weighted by molar-refractivity contribution is 5.92. The van der Waals surface area contributed by atoms with E-state index >= 15 is 0 Å². The minimum absolute atomic E-state index is 0.134. The second-order valence-corrected chi connectivity index (χ2v) is 5.94. The molecule has 3 rings (SSSR count). The molecule has 1 fully saturated rings. The number of nitrogens with zero attached hydrogens (tertiary/aromatic N) is 1. The van der Waals surface area contributed by atoms with Crippen LogP contribution >= 0.6 is 0 Å². The third kappa shape index (κ3) is 2.94. The molecular weight excluding hydrogens is 306 g/mol. The van der Waals surface area contributed by atoms with Gasteiger partial charge in [-0.1, -0.05) is 30.3 Å². The molecule has 5 nitrogen and oxygen atoms in total. The molecule has 126 valence electrons. The maximum atomic E-state index is 12.7. The van der Waals surface area contributed by atoms with E-state index in [1.165, 1.54) is 6.26 Å². The van der Waals surface area contributed by atoms with Crippen molar-refractivity contribution < 1.29 is 18.7 Å². The molecule has 24 heavy (non-hydrogen) atoms. The smallest absolute Gasteiger partial charge is 0.316 e. The van der Waals surface area contributed by atoms with Gasteiger partial charge in [-0.05, 0) is 37.5 Å². The van der Waals surface area contributed by atoms with E-state index in [0.717, 1.165) is 5.56 Å². The molecule has 0 bridgehead atoms. The zero-order chi connectivity index (χ0) is 17.0. The summed E-state index contributed by atoms with van der Waals surface area (Å²) in [6.07, 6.45) is 2.58. The van der Waals surface area contributed by atoms with Crippen LogP contribution in [0.15, 0.2) is 53.1 Å². The van der Waals surface area contributed by atoms with Crippen LogP contribution in [-0.4, -0.2) is 36.5 Å². The van der Waals surface area contributed by atoms with Gasteiger partial charge < -0.3 is 14.1 Å². The van der Waals surface area contributed by atoms with Crippen molar-refractivity contribution in [2.24, 2.45) is 0 Å². The van der Waals surface area contributed by atoms with Gasteiger partial charge in [-0.25, -0.2) is 0 Å². The predicted molar refractivity (Wildman–Crippen MR) is 88.6 cm³/mol. The van der Waals surface area contributed by atoms with E-state index in [0.29, 0.717) is 38.3 Å². The maximum absolute atomic E-state index is 12.7. The van der Waals surface area contributed by atoms with Gasteiger partial charge in [0.25, 0.3) is 5.91 Å². The molecular formula is C19H21NO4. The quantitative estimate of drug-likeness (QED) is 0.810. The number of piperidine rings is 1. The highest BCUT2D eigenvalue weighted by atomic mass is 16.5. The van der Waals surface area contributed by atoms with Crippen LogP contribution in [-0.2, 0) is 14.9 Å². The first-order valence-corrected chi connectivity index (χ1v) is 8.23. The van der Waals surface area contributed by atoms with Gasteiger partial charge in [0, 0.05) is 13.1 Å². The highest BCUT2D eigenvalue weighted by Crippen LogP contribution is 2.37. The lowest BCUT2D eigenvalue weighted by atomic mass is 9.72. The van der Waals surface area contributed by atoms with E-state index in [-0.39, 0.29) is 11.9 Å². The second-order valence-electron chi connectivity index (χ2n) is 5.94. The second kappa shape index (κ2) is 6.91. The van der Waals surface area contributed by atoms with Gasteiger partial charge in [0.15, 0.2) is 5.76 Å². The Morgan fingerprint density at radius 1 is 1.12 bits per heavy atom. The Labute approximate surface area is 141 Å². The average molecular weight is 327 g/mol. The fourth-order valence-corrected chi connectivity index (χ4v) is 3.28. The Morgan fingerprint density at radius 2 is 1.83 bits per heavy atom. The molecule has 0 saturated carbocycles. The summed E-state index contributed by atoms with van der Waals surface area (Å²) in [5.41, 5.74) is 0.269. The number of rotatable bonds is 4. The van der Waals surface area contributed by atoms with Crippen molar-refractivity contribution in [2.45, 2.75) is 25.2 Å². The van der Waals surface area contributed by atoms with Crippen LogP contribution in [0.5, 0.6) is 0 Å². The topological polar surface area (TPSA) is 59.8 Å². The Morgan fingerprint density at radius 3 is 2.42 bits per heavy atom. The van der Waals surface area contributed by atoms with Crippen LogP contribution in [0.2, 0.25) is 0 Å². The van der Waals surface area contributed by atoms with Gasteiger partial charge in [-0.2, -0.15) is 0 Å². The number of amides is 1. The molecule has 2 heterocycles. The fraction of sp³-hybridized carbons (Fsp3) is 0.368. The molecule has 5 heteroatoms. The van der Waals surface area contributed by atoms with Crippen LogP contribution in [0.1, 0.15) is 35.9 Å². The van der Waals surface area contributed by atoms with E-state index in [4.69, 9.17) is 9.15 Å². The zero-order valence-electron chi connectivity index (χ0n) is 13.7. The largest absolute Gasteiger partial charge is 0.465 e. The van der Waals surface area contributed by atoms with Gasteiger partial charge in [0.2, 0.25) is 0 Å². The van der Waals surface area contributed by atoms with Crippen LogP contribution in [0, 0.1) is 0 Å². The summed E-state index contributed by atoms with van der Waals surface area (Å²) >= 11 is 0. The van der Waals surface area contributed by atoms with Crippen LogP contribution in [0.3, 0.4) is 0 Å². The summed E-state index contributed by atoms with van der Waals surface area (Å²) in [6.45, 7) is 3.15. The van der Waals surface area contributed by atoms with Crippen LogP contribution in [0.25, 0.3) is 0 Å². The van der Waals surface area contributed by atoms with Crippen molar-refractivity contribution in [2.75, 3.05) is 19.7 Å². The third-order valence-corrected chi connectivity index (χ3v) is 4.63. The van der Waals surface area contributed by atoms with Crippen LogP contribution < -0.4 is 0 Å². The molecule has 0 aliphatic carbocycles. The van der Waals surface area contributed by atoms with E-state index in [1.807, 2.05) is 37.3 Å². The first kappa shape index (κ1) is 16.3. The SMILES string of the molecule is CCOC(=O)C1(c2ccccc2)CCN(C(=O)c2ccco2)CC1. The number of hydrogen-bond acceptors (Lipinski definition) is 4. The molecule has 0 N–H and O–H groups in total. The van der Waals surface area contributed by atoms with Crippen molar-refractivity contribution in [3.8, 4) is 0 Å². The van der Waals surface area contributed by atoms with Crippen molar-refractivity contribution in [3.63, 3.8) is 0 Å². The first-order valence-electron chi connectivity index (χ1n) is 8.23. The lowest BCUT2D eigenvalue weighted by molar-refractivity contribution is -0.152. The molecule has 0 spiro atoms. The summed E-state index contributed by atoms with van der Waals surface area (Å²) in [6, 6.07) is 13.1. The molecule has 2 aromatic rings. The van der Waals surface area contributed by atoms with Gasteiger partial charge in [-0.15, -0.1) is 0 Å². The Hall–Kier alpha value is -2.56. The van der Waals surface area contributed by atoms with Gasteiger partial charge in [0.1, 0.15) is 0 Å². The lowest BCUT2D eigenvalue weighted by Crippen LogP contribution is -2.49. The molecule has 1 saturated heterocycles. The third-order valence-electron chi connectivity index (χ3n) is 4.63. The van der Waals surface area contributed by atoms with Crippen molar-refractivity contribution >= 4 is 11.9 Å². The summed E-state index contributed by atoms with van der Waals surface area (Å²) in [5.74, 6) is -0.00911. The molecule has 1 aromatic heterocycles. The number of ether oxygens (including phenoxy) is 1. The number of likely N-dealkylation sites (tertiary alicyclic amines) is 1. The lowest BCUT2D eigenvalue weighted by Gasteiger charge is -2.40. The Bertz CT molecular complexity index is 685. The fourth-order valence-electron chi connectivity index (χ4n) is 3.28. The van der Waals surface area contributed by atoms with E-state index in [2.05, 4.69) is 0 Å². The molecule has 1 aromatic carbocycles. The summed E-state index contributed by atoms with van der Waals surface area (Å²) in [5, 5.41) is 0. The molecule has 0 atom stereocenters. The minimum atomic E-state index is -0.683. The predicted octanol–water partition coefficient (Wildman–Crippen LogP) is 3.02. The van der Waals surface area contributed by atoms with Crippen LogP contribution in [0.4, 0.5) is 0 Å². The van der Waals surface area contributed by atoms with E-state index in [1.54, 1.807) is 17.0 Å². The number of furan rings is 1. The summed E-state index contributed by atoms with van der Waals surface area (Å²) in [7, 11) is 0. The van der Waals surface area contributed by atoms with Gasteiger partial charge in [-0.3, -0.25) is 9.59 Å². The Balaban J connectivity index is 1.81. The van der Waals surface area contributed by atoms with Gasteiger partial charge in [0.05, 0.1) is 18.3 Å².